The molecule has 0 saturated heterocycles. The molecule has 0 atom stereocenters. The average molecular weight is 241 g/mol. The van der Waals surface area contributed by atoms with Crippen LogP contribution in [0.3, 0.4) is 0 Å². The lowest BCUT2D eigenvalue weighted by molar-refractivity contribution is -0.121. The molecular weight excluding hydrogens is 226 g/mol. The zero-order valence-corrected chi connectivity index (χ0v) is 10.0. The molecule has 4 nitrogen and oxygen atoms in total. The molecule has 0 aliphatic heterocycles. The summed E-state index contributed by atoms with van der Waals surface area (Å²) in [5.74, 6) is 0.0515. The van der Waals surface area contributed by atoms with Crippen LogP contribution in [0.1, 0.15) is 17.5 Å². The number of nitrogens with one attached hydrogen (secondary N) is 1. The molecule has 0 spiro atoms. The summed E-state index contributed by atoms with van der Waals surface area (Å²) in [7, 11) is 0. The van der Waals surface area contributed by atoms with Crippen LogP contribution in [0.25, 0.3) is 0 Å². The first-order valence-electron chi connectivity index (χ1n) is 5.89. The maximum absolute atomic E-state index is 11.6. The molecule has 2 aromatic rings. The number of hydrogen-bond donors (Lipinski definition) is 1. The third-order valence-corrected chi connectivity index (χ3v) is 2.60. The van der Waals surface area contributed by atoms with E-state index in [1.165, 1.54) is 0 Å². The predicted molar refractivity (Wildman–Crippen MR) is 68.6 cm³/mol. The van der Waals surface area contributed by atoms with Gasteiger partial charge in [-0.2, -0.15) is 0 Å². The maximum atomic E-state index is 11.6. The molecule has 2 rings (SSSR count). The Morgan fingerprint density at radius 2 is 1.89 bits per heavy atom. The molecule has 0 unspecified atom stereocenters. The van der Waals surface area contributed by atoms with Crippen LogP contribution in [0, 0.1) is 0 Å². The lowest BCUT2D eigenvalue weighted by Gasteiger charge is -2.05. The molecule has 18 heavy (non-hydrogen) atoms. The highest BCUT2D eigenvalue weighted by Crippen LogP contribution is 2.01. The number of aryl methyl sites for hydroxylation is 1. The minimum absolute atomic E-state index is 0.0515. The molecule has 0 radical (unpaired) electrons. The highest BCUT2D eigenvalue weighted by Gasteiger charge is 2.02. The van der Waals surface area contributed by atoms with Gasteiger partial charge in [0.05, 0.1) is 0 Å². The summed E-state index contributed by atoms with van der Waals surface area (Å²) in [6, 6.07) is 7.65. The summed E-state index contributed by atoms with van der Waals surface area (Å²) >= 11 is 0. The van der Waals surface area contributed by atoms with Crippen LogP contribution in [0.5, 0.6) is 0 Å². The number of nitrogens with zero attached hydrogens (tertiary/aromatic N) is 2. The predicted octanol–water partition coefficient (Wildman–Crippen LogP) is 1.73. The van der Waals surface area contributed by atoms with Crippen molar-refractivity contribution in [3.05, 3.63) is 60.2 Å². The van der Waals surface area contributed by atoms with Crippen LogP contribution in [0.4, 0.5) is 0 Å². The molecule has 2 aromatic heterocycles. The topological polar surface area (TPSA) is 54.9 Å². The van der Waals surface area contributed by atoms with Crippen molar-refractivity contribution in [1.82, 2.24) is 15.3 Å². The summed E-state index contributed by atoms with van der Waals surface area (Å²) in [6.45, 7) is 0.531. The van der Waals surface area contributed by atoms with Gasteiger partial charge in [0, 0.05) is 37.8 Å². The van der Waals surface area contributed by atoms with Gasteiger partial charge in [0.1, 0.15) is 0 Å². The molecule has 2 heterocycles. The van der Waals surface area contributed by atoms with Gasteiger partial charge >= 0.3 is 0 Å². The quantitative estimate of drug-likeness (QED) is 0.867. The van der Waals surface area contributed by atoms with E-state index in [1.54, 1.807) is 24.8 Å². The standard InChI is InChI=1S/C14H15N3O/c18-14(4-3-12-5-8-15-9-6-12)17-11-13-2-1-7-16-10-13/h1-2,5-10H,3-4,11H2,(H,17,18). The minimum atomic E-state index is 0.0515. The molecule has 0 fully saturated rings. The van der Waals surface area contributed by atoms with Gasteiger partial charge in [0.2, 0.25) is 5.91 Å². The SMILES string of the molecule is O=C(CCc1ccncc1)NCc1cccnc1. The van der Waals surface area contributed by atoms with Crippen LogP contribution in [-0.2, 0) is 17.8 Å². The van der Waals surface area contributed by atoms with Gasteiger partial charge in [-0.1, -0.05) is 6.07 Å². The van der Waals surface area contributed by atoms with Gasteiger partial charge < -0.3 is 5.32 Å². The number of rotatable bonds is 5. The van der Waals surface area contributed by atoms with Gasteiger partial charge in [-0.15, -0.1) is 0 Å². The third-order valence-electron chi connectivity index (χ3n) is 2.60. The number of pyridine rings is 2. The lowest BCUT2D eigenvalue weighted by Crippen LogP contribution is -2.23. The number of carbonyl (C=O) groups excluding carboxylic acids is 1. The van der Waals surface area contributed by atoms with Crippen molar-refractivity contribution in [3.63, 3.8) is 0 Å². The van der Waals surface area contributed by atoms with Gasteiger partial charge in [-0.05, 0) is 35.7 Å². The number of hydrogen-bond acceptors (Lipinski definition) is 3. The fraction of sp³-hybridized carbons (Fsp3) is 0.214. The van der Waals surface area contributed by atoms with E-state index in [4.69, 9.17) is 0 Å². The fourth-order valence-electron chi connectivity index (χ4n) is 1.60. The van der Waals surface area contributed by atoms with E-state index in [1.807, 2.05) is 24.3 Å². The molecule has 0 aliphatic rings. The van der Waals surface area contributed by atoms with Crippen molar-refractivity contribution in [2.45, 2.75) is 19.4 Å². The monoisotopic (exact) mass is 241 g/mol. The Bertz CT molecular complexity index is 439. The van der Waals surface area contributed by atoms with E-state index in [0.29, 0.717) is 13.0 Å². The highest BCUT2D eigenvalue weighted by atomic mass is 16.1. The van der Waals surface area contributed by atoms with Crippen molar-refractivity contribution in [1.29, 1.82) is 0 Å². The number of carbonyl (C=O) groups is 1. The Hall–Kier alpha value is -2.23. The Morgan fingerprint density at radius 3 is 2.61 bits per heavy atom. The second-order valence-corrected chi connectivity index (χ2v) is 3.99. The molecule has 4 heteroatoms. The summed E-state index contributed by atoms with van der Waals surface area (Å²) < 4.78 is 0. The first-order chi connectivity index (χ1) is 8.84. The van der Waals surface area contributed by atoms with E-state index in [2.05, 4.69) is 15.3 Å². The Morgan fingerprint density at radius 1 is 1.06 bits per heavy atom. The number of amides is 1. The maximum Gasteiger partial charge on any atom is 0.220 e. The van der Waals surface area contributed by atoms with Gasteiger partial charge in [-0.3, -0.25) is 14.8 Å². The fourth-order valence-corrected chi connectivity index (χ4v) is 1.60. The zero-order valence-electron chi connectivity index (χ0n) is 10.0. The van der Waals surface area contributed by atoms with Gasteiger partial charge in [-0.25, -0.2) is 0 Å². The summed E-state index contributed by atoms with van der Waals surface area (Å²) in [4.78, 5) is 19.6. The van der Waals surface area contributed by atoms with E-state index in [-0.39, 0.29) is 5.91 Å². The van der Waals surface area contributed by atoms with Crippen LogP contribution in [-0.4, -0.2) is 15.9 Å². The van der Waals surface area contributed by atoms with Crippen LogP contribution in [0.15, 0.2) is 49.1 Å². The second kappa shape index (κ2) is 6.49. The van der Waals surface area contributed by atoms with Crippen LogP contribution in [0.2, 0.25) is 0 Å². The van der Waals surface area contributed by atoms with Crippen LogP contribution < -0.4 is 5.32 Å². The second-order valence-electron chi connectivity index (χ2n) is 3.99. The third kappa shape index (κ3) is 3.97. The van der Waals surface area contributed by atoms with Crippen molar-refractivity contribution in [3.8, 4) is 0 Å². The van der Waals surface area contributed by atoms with E-state index in [0.717, 1.165) is 17.5 Å². The van der Waals surface area contributed by atoms with Crippen molar-refractivity contribution < 1.29 is 4.79 Å². The van der Waals surface area contributed by atoms with Crippen molar-refractivity contribution in [2.24, 2.45) is 0 Å². The minimum Gasteiger partial charge on any atom is -0.352 e. The number of aromatic nitrogens is 2. The highest BCUT2D eigenvalue weighted by molar-refractivity contribution is 5.76. The lowest BCUT2D eigenvalue weighted by atomic mass is 10.1. The van der Waals surface area contributed by atoms with Gasteiger partial charge in [0.25, 0.3) is 0 Å². The molecule has 1 N–H and O–H groups in total. The van der Waals surface area contributed by atoms with E-state index >= 15 is 0 Å². The molecule has 0 aromatic carbocycles. The smallest absolute Gasteiger partial charge is 0.220 e. The Labute approximate surface area is 106 Å². The molecule has 0 bridgehead atoms. The van der Waals surface area contributed by atoms with Crippen molar-refractivity contribution in [2.75, 3.05) is 0 Å². The summed E-state index contributed by atoms with van der Waals surface area (Å²) in [6.07, 6.45) is 8.18. The Kier molecular flexibility index (Phi) is 4.41. The average Bonchev–Trinajstić information content (AvgIpc) is 2.45. The molecule has 0 aliphatic carbocycles. The first-order valence-corrected chi connectivity index (χ1v) is 5.89. The first kappa shape index (κ1) is 12.2. The van der Waals surface area contributed by atoms with E-state index in [9.17, 15) is 4.79 Å². The van der Waals surface area contributed by atoms with Crippen molar-refractivity contribution >= 4 is 5.91 Å². The largest absolute Gasteiger partial charge is 0.352 e. The molecular formula is C14H15N3O. The summed E-state index contributed by atoms with van der Waals surface area (Å²) in [5, 5.41) is 2.87. The molecule has 92 valence electrons. The Balaban J connectivity index is 1.73. The van der Waals surface area contributed by atoms with Gasteiger partial charge in [0.15, 0.2) is 0 Å². The van der Waals surface area contributed by atoms with Crippen LogP contribution >= 0.6 is 0 Å². The van der Waals surface area contributed by atoms with E-state index < -0.39 is 0 Å². The normalized spacial score (nSPS) is 10.0. The molecule has 0 saturated carbocycles. The molecule has 1 amide bonds. The summed E-state index contributed by atoms with van der Waals surface area (Å²) in [5.41, 5.74) is 2.14. The zero-order chi connectivity index (χ0) is 12.6.